The number of aromatic nitrogens is 2. The molecule has 1 unspecified atom stereocenters. The SMILES string of the molecule is O=C(CCc1nnc(-c2ccccc2)o1)NC(CC1CC1)C(=O)O. The number of hydrogen-bond donors (Lipinski definition) is 2. The van der Waals surface area contributed by atoms with Gasteiger partial charge in [0.15, 0.2) is 0 Å². The number of nitrogens with one attached hydrogen (secondary N) is 1. The van der Waals surface area contributed by atoms with Gasteiger partial charge in [-0.1, -0.05) is 31.0 Å². The predicted molar refractivity (Wildman–Crippen MR) is 85.0 cm³/mol. The molecule has 1 amide bonds. The van der Waals surface area contributed by atoms with Crippen molar-refractivity contribution in [3.8, 4) is 11.5 Å². The minimum atomic E-state index is -0.987. The number of rotatable bonds is 8. The van der Waals surface area contributed by atoms with Crippen molar-refractivity contribution in [3.05, 3.63) is 36.2 Å². The largest absolute Gasteiger partial charge is 0.480 e. The molecule has 1 fully saturated rings. The van der Waals surface area contributed by atoms with E-state index < -0.39 is 12.0 Å². The van der Waals surface area contributed by atoms with Crippen molar-refractivity contribution in [3.63, 3.8) is 0 Å². The van der Waals surface area contributed by atoms with Crippen LogP contribution in [0.1, 0.15) is 31.6 Å². The molecule has 0 radical (unpaired) electrons. The maximum Gasteiger partial charge on any atom is 0.326 e. The highest BCUT2D eigenvalue weighted by atomic mass is 16.4. The lowest BCUT2D eigenvalue weighted by molar-refractivity contribution is -0.142. The highest BCUT2D eigenvalue weighted by Gasteiger charge is 2.30. The van der Waals surface area contributed by atoms with Crippen LogP contribution < -0.4 is 5.32 Å². The van der Waals surface area contributed by atoms with Crippen LogP contribution >= 0.6 is 0 Å². The van der Waals surface area contributed by atoms with E-state index in [2.05, 4.69) is 15.5 Å². The number of hydrogen-bond acceptors (Lipinski definition) is 5. The molecule has 2 aromatic rings. The van der Waals surface area contributed by atoms with Crippen molar-refractivity contribution in [2.24, 2.45) is 5.92 Å². The number of nitrogens with zero attached hydrogens (tertiary/aromatic N) is 2. The van der Waals surface area contributed by atoms with E-state index in [1.165, 1.54) is 0 Å². The summed E-state index contributed by atoms with van der Waals surface area (Å²) in [6, 6.07) is 8.55. The number of carbonyl (C=O) groups is 2. The van der Waals surface area contributed by atoms with Crippen molar-refractivity contribution < 1.29 is 19.1 Å². The Morgan fingerprint density at radius 1 is 1.25 bits per heavy atom. The molecule has 126 valence electrons. The van der Waals surface area contributed by atoms with Gasteiger partial charge in [0.05, 0.1) is 0 Å². The standard InChI is InChI=1S/C17H19N3O4/c21-14(18-13(17(22)23)10-11-6-7-11)8-9-15-19-20-16(24-15)12-4-2-1-3-5-12/h1-5,11,13H,6-10H2,(H,18,21)(H,22,23). The first-order valence-corrected chi connectivity index (χ1v) is 8.02. The zero-order valence-electron chi connectivity index (χ0n) is 13.1. The summed E-state index contributed by atoms with van der Waals surface area (Å²) >= 11 is 0. The van der Waals surface area contributed by atoms with Gasteiger partial charge in [-0.25, -0.2) is 4.79 Å². The second kappa shape index (κ2) is 7.25. The lowest BCUT2D eigenvalue weighted by Crippen LogP contribution is -2.41. The van der Waals surface area contributed by atoms with Gasteiger partial charge in [0.25, 0.3) is 0 Å². The molecule has 1 aliphatic rings. The van der Waals surface area contributed by atoms with E-state index >= 15 is 0 Å². The van der Waals surface area contributed by atoms with Crippen LogP contribution in [0.4, 0.5) is 0 Å². The second-order valence-corrected chi connectivity index (χ2v) is 6.00. The first-order chi connectivity index (χ1) is 11.6. The summed E-state index contributed by atoms with van der Waals surface area (Å²) in [5.74, 6) is -0.112. The molecule has 3 rings (SSSR count). The summed E-state index contributed by atoms with van der Waals surface area (Å²) in [5.41, 5.74) is 0.816. The molecule has 7 heteroatoms. The molecule has 2 N–H and O–H groups in total. The molecule has 0 spiro atoms. The summed E-state index contributed by atoms with van der Waals surface area (Å²) < 4.78 is 5.53. The van der Waals surface area contributed by atoms with E-state index in [4.69, 9.17) is 9.52 Å². The summed E-state index contributed by atoms with van der Waals surface area (Å²) in [7, 11) is 0. The molecule has 0 bridgehead atoms. The number of amides is 1. The average Bonchev–Trinajstić information content (AvgIpc) is 3.27. The van der Waals surface area contributed by atoms with Gasteiger partial charge in [-0.3, -0.25) is 4.79 Å². The third-order valence-electron chi connectivity index (χ3n) is 3.95. The van der Waals surface area contributed by atoms with E-state index in [0.29, 0.717) is 24.1 Å². The van der Waals surface area contributed by atoms with Crippen LogP contribution in [0, 0.1) is 5.92 Å². The fourth-order valence-electron chi connectivity index (χ4n) is 2.45. The molecule has 1 aromatic heterocycles. The van der Waals surface area contributed by atoms with E-state index in [9.17, 15) is 9.59 Å². The van der Waals surface area contributed by atoms with Gasteiger partial charge in [0, 0.05) is 18.4 Å². The van der Waals surface area contributed by atoms with Crippen molar-refractivity contribution in [1.82, 2.24) is 15.5 Å². The van der Waals surface area contributed by atoms with Gasteiger partial charge in [-0.15, -0.1) is 10.2 Å². The molecule has 0 saturated heterocycles. The predicted octanol–water partition coefficient (Wildman–Crippen LogP) is 2.04. The summed E-state index contributed by atoms with van der Waals surface area (Å²) in [6.07, 6.45) is 2.99. The van der Waals surface area contributed by atoms with Crippen molar-refractivity contribution in [2.75, 3.05) is 0 Å². The van der Waals surface area contributed by atoms with Crippen molar-refractivity contribution >= 4 is 11.9 Å². The van der Waals surface area contributed by atoms with E-state index in [-0.39, 0.29) is 18.7 Å². The monoisotopic (exact) mass is 329 g/mol. The molecule has 0 aliphatic heterocycles. The topological polar surface area (TPSA) is 105 Å². The van der Waals surface area contributed by atoms with Crippen LogP contribution in [-0.4, -0.2) is 33.2 Å². The lowest BCUT2D eigenvalue weighted by Gasteiger charge is -2.13. The first-order valence-electron chi connectivity index (χ1n) is 8.02. The zero-order chi connectivity index (χ0) is 16.9. The van der Waals surface area contributed by atoms with E-state index in [1.54, 1.807) is 0 Å². The van der Waals surface area contributed by atoms with Crippen molar-refractivity contribution in [2.45, 2.75) is 38.1 Å². The van der Waals surface area contributed by atoms with Gasteiger partial charge in [0.1, 0.15) is 6.04 Å². The average molecular weight is 329 g/mol. The maximum absolute atomic E-state index is 11.9. The van der Waals surface area contributed by atoms with Crippen LogP contribution in [0.25, 0.3) is 11.5 Å². The van der Waals surface area contributed by atoms with Crippen LogP contribution in [0.3, 0.4) is 0 Å². The summed E-state index contributed by atoms with van der Waals surface area (Å²) in [4.78, 5) is 23.1. The summed E-state index contributed by atoms with van der Waals surface area (Å²) in [6.45, 7) is 0. The molecule has 1 saturated carbocycles. The quantitative estimate of drug-likeness (QED) is 0.768. The Morgan fingerprint density at radius 3 is 2.67 bits per heavy atom. The van der Waals surface area contributed by atoms with E-state index in [1.807, 2.05) is 30.3 Å². The van der Waals surface area contributed by atoms with Crippen molar-refractivity contribution in [1.29, 1.82) is 0 Å². The fourth-order valence-corrected chi connectivity index (χ4v) is 2.45. The number of carboxylic acids is 1. The molecule has 24 heavy (non-hydrogen) atoms. The molecule has 1 aliphatic carbocycles. The first kappa shape index (κ1) is 16.2. The second-order valence-electron chi connectivity index (χ2n) is 6.00. The maximum atomic E-state index is 11.9. The number of aliphatic carboxylic acids is 1. The fraction of sp³-hybridized carbons (Fsp3) is 0.412. The third kappa shape index (κ3) is 4.41. The molecular weight excluding hydrogens is 310 g/mol. The minimum absolute atomic E-state index is 0.116. The Morgan fingerprint density at radius 2 is 2.00 bits per heavy atom. The smallest absolute Gasteiger partial charge is 0.326 e. The Hall–Kier alpha value is -2.70. The Bertz CT molecular complexity index is 710. The van der Waals surface area contributed by atoms with Gasteiger partial charge in [0.2, 0.25) is 17.7 Å². The highest BCUT2D eigenvalue weighted by Crippen LogP contribution is 2.33. The molecular formula is C17H19N3O4. The minimum Gasteiger partial charge on any atom is -0.480 e. The van der Waals surface area contributed by atoms with Gasteiger partial charge in [-0.2, -0.15) is 0 Å². The number of aryl methyl sites for hydroxylation is 1. The molecule has 1 atom stereocenters. The van der Waals surface area contributed by atoms with Crippen LogP contribution in [-0.2, 0) is 16.0 Å². The molecule has 1 aromatic carbocycles. The third-order valence-corrected chi connectivity index (χ3v) is 3.95. The Kier molecular flexibility index (Phi) is 4.88. The highest BCUT2D eigenvalue weighted by molar-refractivity contribution is 5.83. The van der Waals surface area contributed by atoms with Gasteiger partial charge in [-0.05, 0) is 24.5 Å². The van der Waals surface area contributed by atoms with Crippen LogP contribution in [0.5, 0.6) is 0 Å². The number of benzene rings is 1. The normalized spacial score (nSPS) is 15.0. The number of carbonyl (C=O) groups excluding carboxylic acids is 1. The Labute approximate surface area is 139 Å². The van der Waals surface area contributed by atoms with E-state index in [0.717, 1.165) is 18.4 Å². The van der Waals surface area contributed by atoms with Crippen LogP contribution in [0.15, 0.2) is 34.7 Å². The molecule has 7 nitrogen and oxygen atoms in total. The van der Waals surface area contributed by atoms with Gasteiger partial charge < -0.3 is 14.8 Å². The lowest BCUT2D eigenvalue weighted by atomic mass is 10.1. The zero-order valence-corrected chi connectivity index (χ0v) is 13.1. The van der Waals surface area contributed by atoms with Gasteiger partial charge >= 0.3 is 5.97 Å². The van der Waals surface area contributed by atoms with Crippen LogP contribution in [0.2, 0.25) is 0 Å². The molecule has 1 heterocycles. The summed E-state index contributed by atoms with van der Waals surface area (Å²) in [5, 5.41) is 19.6. The Balaban J connectivity index is 1.50. The number of carboxylic acid groups (broad SMARTS) is 1.